The molecule has 3 rings (SSSR count). The molecule has 2 aromatic carbocycles. The van der Waals surface area contributed by atoms with Crippen LogP contribution in [0.4, 0.5) is 0 Å². The minimum Gasteiger partial charge on any atom is -0.336 e. The average molecular weight is 432 g/mol. The fourth-order valence-corrected chi connectivity index (χ4v) is 3.38. The van der Waals surface area contributed by atoms with Gasteiger partial charge in [0.05, 0.1) is 0 Å². The summed E-state index contributed by atoms with van der Waals surface area (Å²) < 4.78 is 1.10. The molecule has 0 radical (unpaired) electrons. The number of piperazine rings is 1. The Hall–Kier alpha value is -1.66. The first-order valence-corrected chi connectivity index (χ1v) is 9.29. The third-order valence-electron chi connectivity index (χ3n) is 4.20. The molecule has 1 aliphatic heterocycles. The van der Waals surface area contributed by atoms with Crippen LogP contribution in [0.25, 0.3) is 6.08 Å². The van der Waals surface area contributed by atoms with Gasteiger partial charge >= 0.3 is 0 Å². The van der Waals surface area contributed by atoms with Crippen molar-refractivity contribution in [2.75, 3.05) is 32.7 Å². The van der Waals surface area contributed by atoms with E-state index in [4.69, 9.17) is 0 Å². The second kappa shape index (κ2) is 8.44. The minimum absolute atomic E-state index is 0.146. The molecule has 1 aliphatic rings. The smallest absolute Gasteiger partial charge is 0.253 e. The predicted molar refractivity (Wildman–Crippen MR) is 107 cm³/mol. The van der Waals surface area contributed by atoms with Crippen LogP contribution in [0.1, 0.15) is 15.9 Å². The number of hydrogen-bond acceptors (Lipinski definition) is 2. The maximum atomic E-state index is 12.5. The number of benzene rings is 2. The van der Waals surface area contributed by atoms with Gasteiger partial charge in [0.15, 0.2) is 0 Å². The van der Waals surface area contributed by atoms with E-state index in [-0.39, 0.29) is 5.91 Å². The van der Waals surface area contributed by atoms with E-state index in [0.717, 1.165) is 41.9 Å². The third-order valence-corrected chi connectivity index (χ3v) is 4.88. The highest BCUT2D eigenvalue weighted by Gasteiger charge is 2.21. The fraction of sp³-hybridized carbons (Fsp3) is 0.250. The zero-order chi connectivity index (χ0) is 16.8. The molecule has 0 aliphatic carbocycles. The van der Waals surface area contributed by atoms with Crippen molar-refractivity contribution in [3.8, 4) is 0 Å². The van der Waals surface area contributed by atoms with Crippen molar-refractivity contribution >= 4 is 34.6 Å². The van der Waals surface area contributed by atoms with Crippen LogP contribution in [-0.4, -0.2) is 48.4 Å². The Morgan fingerprint density at radius 2 is 1.75 bits per heavy atom. The van der Waals surface area contributed by atoms with Gasteiger partial charge in [-0.15, -0.1) is 0 Å². The molecule has 1 fully saturated rings. The molecule has 1 saturated heterocycles. The molecular formula is C20H21IN2O. The molecule has 0 spiro atoms. The van der Waals surface area contributed by atoms with Crippen molar-refractivity contribution in [2.45, 2.75) is 0 Å². The molecule has 4 heteroatoms. The molecule has 2 aromatic rings. The van der Waals surface area contributed by atoms with E-state index in [2.05, 4.69) is 63.9 Å². The lowest BCUT2D eigenvalue weighted by atomic mass is 10.2. The van der Waals surface area contributed by atoms with E-state index in [1.54, 1.807) is 0 Å². The summed E-state index contributed by atoms with van der Waals surface area (Å²) in [5, 5.41) is 0. The van der Waals surface area contributed by atoms with Crippen LogP contribution < -0.4 is 0 Å². The minimum atomic E-state index is 0.146. The van der Waals surface area contributed by atoms with Gasteiger partial charge in [0, 0.05) is 41.9 Å². The predicted octanol–water partition coefficient (Wildman–Crippen LogP) is 3.76. The summed E-state index contributed by atoms with van der Waals surface area (Å²) in [6, 6.07) is 18.2. The van der Waals surface area contributed by atoms with Crippen molar-refractivity contribution in [3.05, 3.63) is 75.4 Å². The van der Waals surface area contributed by atoms with E-state index in [1.165, 1.54) is 5.56 Å². The monoisotopic (exact) mass is 432 g/mol. The number of halogens is 1. The summed E-state index contributed by atoms with van der Waals surface area (Å²) in [4.78, 5) is 16.9. The largest absolute Gasteiger partial charge is 0.336 e. The van der Waals surface area contributed by atoms with Crippen LogP contribution in [0.3, 0.4) is 0 Å². The highest BCUT2D eigenvalue weighted by atomic mass is 127. The fourth-order valence-electron chi connectivity index (χ4n) is 2.84. The molecule has 0 atom stereocenters. The number of hydrogen-bond donors (Lipinski definition) is 0. The standard InChI is InChI=1S/C20H21IN2O/c21-19-10-4-9-18(16-19)20(24)23-14-12-22(13-15-23)11-5-8-17-6-2-1-3-7-17/h1-10,16H,11-15H2/b8-5+. The van der Waals surface area contributed by atoms with Gasteiger partial charge in [0.1, 0.15) is 0 Å². The number of rotatable bonds is 4. The summed E-state index contributed by atoms with van der Waals surface area (Å²) in [5.74, 6) is 0.146. The van der Waals surface area contributed by atoms with E-state index in [0.29, 0.717) is 0 Å². The molecule has 0 N–H and O–H groups in total. The van der Waals surface area contributed by atoms with Gasteiger partial charge in [-0.1, -0.05) is 48.6 Å². The van der Waals surface area contributed by atoms with Crippen molar-refractivity contribution < 1.29 is 4.79 Å². The zero-order valence-electron chi connectivity index (χ0n) is 13.6. The first-order chi connectivity index (χ1) is 11.7. The van der Waals surface area contributed by atoms with Gasteiger partial charge < -0.3 is 4.90 Å². The van der Waals surface area contributed by atoms with E-state index >= 15 is 0 Å². The van der Waals surface area contributed by atoms with Crippen molar-refractivity contribution in [1.29, 1.82) is 0 Å². The Morgan fingerprint density at radius 3 is 2.46 bits per heavy atom. The molecule has 0 aromatic heterocycles. The Kier molecular flexibility index (Phi) is 6.04. The van der Waals surface area contributed by atoms with Gasteiger partial charge in [0.25, 0.3) is 5.91 Å². The Morgan fingerprint density at radius 1 is 1.00 bits per heavy atom. The lowest BCUT2D eigenvalue weighted by Gasteiger charge is -2.34. The second-order valence-corrected chi connectivity index (χ2v) is 7.16. The van der Waals surface area contributed by atoms with Crippen LogP contribution in [0, 0.1) is 3.57 Å². The summed E-state index contributed by atoms with van der Waals surface area (Å²) in [7, 11) is 0. The van der Waals surface area contributed by atoms with Crippen LogP contribution in [0.2, 0.25) is 0 Å². The first-order valence-electron chi connectivity index (χ1n) is 8.21. The molecule has 1 heterocycles. The third kappa shape index (κ3) is 4.68. The van der Waals surface area contributed by atoms with Gasteiger partial charge in [-0.25, -0.2) is 0 Å². The zero-order valence-corrected chi connectivity index (χ0v) is 15.7. The normalized spacial score (nSPS) is 15.8. The first kappa shape index (κ1) is 17.2. The van der Waals surface area contributed by atoms with Gasteiger partial charge in [-0.3, -0.25) is 9.69 Å². The van der Waals surface area contributed by atoms with Crippen LogP contribution in [-0.2, 0) is 0 Å². The van der Waals surface area contributed by atoms with E-state index in [1.807, 2.05) is 35.2 Å². The summed E-state index contributed by atoms with van der Waals surface area (Å²) in [5.41, 5.74) is 2.02. The number of carbonyl (C=O) groups is 1. The van der Waals surface area contributed by atoms with Gasteiger partial charge in [0.2, 0.25) is 0 Å². The Balaban J connectivity index is 1.49. The van der Waals surface area contributed by atoms with Gasteiger partial charge in [-0.05, 0) is 46.4 Å². The molecule has 0 saturated carbocycles. The molecule has 24 heavy (non-hydrogen) atoms. The lowest BCUT2D eigenvalue weighted by molar-refractivity contribution is 0.0650. The summed E-state index contributed by atoms with van der Waals surface area (Å²) in [6.07, 6.45) is 4.36. The highest BCUT2D eigenvalue weighted by molar-refractivity contribution is 14.1. The quantitative estimate of drug-likeness (QED) is 0.688. The average Bonchev–Trinajstić information content (AvgIpc) is 2.63. The molecule has 124 valence electrons. The van der Waals surface area contributed by atoms with Gasteiger partial charge in [-0.2, -0.15) is 0 Å². The maximum absolute atomic E-state index is 12.5. The van der Waals surface area contributed by atoms with Crippen LogP contribution in [0.5, 0.6) is 0 Å². The van der Waals surface area contributed by atoms with Crippen molar-refractivity contribution in [1.82, 2.24) is 9.80 Å². The summed E-state index contributed by atoms with van der Waals surface area (Å²) in [6.45, 7) is 4.37. The van der Waals surface area contributed by atoms with Crippen LogP contribution >= 0.6 is 22.6 Å². The topological polar surface area (TPSA) is 23.6 Å². The van der Waals surface area contributed by atoms with E-state index in [9.17, 15) is 4.79 Å². The van der Waals surface area contributed by atoms with Crippen LogP contribution in [0.15, 0.2) is 60.7 Å². The molecule has 1 amide bonds. The molecule has 0 unspecified atom stereocenters. The van der Waals surface area contributed by atoms with Crippen molar-refractivity contribution in [3.63, 3.8) is 0 Å². The molecule has 0 bridgehead atoms. The maximum Gasteiger partial charge on any atom is 0.253 e. The number of carbonyl (C=O) groups excluding carboxylic acids is 1. The number of amides is 1. The SMILES string of the molecule is O=C(c1cccc(I)c1)N1CCN(C/C=C/c2ccccc2)CC1. The van der Waals surface area contributed by atoms with E-state index < -0.39 is 0 Å². The number of nitrogens with zero attached hydrogens (tertiary/aromatic N) is 2. The summed E-state index contributed by atoms with van der Waals surface area (Å²) >= 11 is 2.25. The Bertz CT molecular complexity index is 707. The Labute approximate surface area is 157 Å². The highest BCUT2D eigenvalue weighted by Crippen LogP contribution is 2.12. The molecule has 3 nitrogen and oxygen atoms in total. The second-order valence-electron chi connectivity index (χ2n) is 5.92. The lowest BCUT2D eigenvalue weighted by Crippen LogP contribution is -2.48. The van der Waals surface area contributed by atoms with Crippen molar-refractivity contribution in [2.24, 2.45) is 0 Å². The molecular weight excluding hydrogens is 411 g/mol.